The van der Waals surface area contributed by atoms with E-state index < -0.39 is 4.92 Å². The number of hydrogen-bond donors (Lipinski definition) is 1. The van der Waals surface area contributed by atoms with Crippen molar-refractivity contribution in [1.29, 1.82) is 0 Å². The molecule has 0 amide bonds. The van der Waals surface area contributed by atoms with Gasteiger partial charge in [0.05, 0.1) is 10.6 Å². The van der Waals surface area contributed by atoms with Crippen molar-refractivity contribution in [2.24, 2.45) is 5.92 Å². The van der Waals surface area contributed by atoms with Gasteiger partial charge in [0.15, 0.2) is 0 Å². The van der Waals surface area contributed by atoms with Crippen LogP contribution in [0.1, 0.15) is 32.3 Å². The highest BCUT2D eigenvalue weighted by Crippen LogP contribution is 2.22. The number of halogens is 1. The van der Waals surface area contributed by atoms with Gasteiger partial charge in [0.25, 0.3) is 6.20 Å². The van der Waals surface area contributed by atoms with Gasteiger partial charge in [-0.25, -0.2) is 4.98 Å². The summed E-state index contributed by atoms with van der Waals surface area (Å²) < 4.78 is 0. The van der Waals surface area contributed by atoms with E-state index in [0.29, 0.717) is 23.3 Å². The van der Waals surface area contributed by atoms with Crippen LogP contribution in [0, 0.1) is 16.0 Å². The summed E-state index contributed by atoms with van der Waals surface area (Å²) in [6.45, 7) is 6.68. The summed E-state index contributed by atoms with van der Waals surface area (Å²) in [5, 5.41) is 14.2. The lowest BCUT2D eigenvalue weighted by Gasteiger charge is -2.17. The van der Waals surface area contributed by atoms with E-state index in [1.165, 1.54) is 0 Å². The second-order valence-electron chi connectivity index (χ2n) is 4.78. The predicted molar refractivity (Wildman–Crippen MR) is 75.6 cm³/mol. The molecule has 0 aliphatic carbocycles. The SMILES string of the molecule is CC(C)CN/C(=C/[N+](=O)[O-])C(C)c1ccc(Cl)nc1. The van der Waals surface area contributed by atoms with E-state index in [2.05, 4.69) is 10.3 Å². The molecular formula is C13H18ClN3O2. The van der Waals surface area contributed by atoms with Gasteiger partial charge in [0.1, 0.15) is 5.15 Å². The fourth-order valence-corrected chi connectivity index (χ4v) is 1.68. The molecule has 104 valence electrons. The van der Waals surface area contributed by atoms with Gasteiger partial charge >= 0.3 is 0 Å². The van der Waals surface area contributed by atoms with Crippen LogP contribution in [-0.4, -0.2) is 16.5 Å². The number of allylic oxidation sites excluding steroid dienone is 1. The van der Waals surface area contributed by atoms with E-state index in [-0.39, 0.29) is 5.92 Å². The van der Waals surface area contributed by atoms with Crippen LogP contribution in [-0.2, 0) is 0 Å². The van der Waals surface area contributed by atoms with Gasteiger partial charge in [0.2, 0.25) is 0 Å². The van der Waals surface area contributed by atoms with Crippen LogP contribution >= 0.6 is 11.6 Å². The second-order valence-corrected chi connectivity index (χ2v) is 5.17. The zero-order chi connectivity index (χ0) is 14.4. The highest BCUT2D eigenvalue weighted by molar-refractivity contribution is 6.29. The molecule has 0 bridgehead atoms. The molecule has 1 aromatic heterocycles. The molecule has 5 nitrogen and oxygen atoms in total. The van der Waals surface area contributed by atoms with Crippen LogP contribution < -0.4 is 5.32 Å². The van der Waals surface area contributed by atoms with E-state index in [0.717, 1.165) is 11.8 Å². The first kappa shape index (κ1) is 15.4. The Morgan fingerprint density at radius 3 is 2.68 bits per heavy atom. The van der Waals surface area contributed by atoms with Gasteiger partial charge in [-0.3, -0.25) is 10.1 Å². The number of nitrogens with one attached hydrogen (secondary N) is 1. The lowest BCUT2D eigenvalue weighted by Crippen LogP contribution is -2.23. The zero-order valence-electron chi connectivity index (χ0n) is 11.3. The fourth-order valence-electron chi connectivity index (χ4n) is 1.57. The number of rotatable bonds is 6. The number of nitro groups is 1. The van der Waals surface area contributed by atoms with Gasteiger partial charge < -0.3 is 5.32 Å². The smallest absolute Gasteiger partial charge is 0.253 e. The molecule has 1 aromatic rings. The minimum atomic E-state index is -0.442. The minimum Gasteiger partial charge on any atom is -0.383 e. The third-order valence-electron chi connectivity index (χ3n) is 2.68. The normalized spacial score (nSPS) is 13.4. The quantitative estimate of drug-likeness (QED) is 0.494. The van der Waals surface area contributed by atoms with Crippen molar-refractivity contribution in [3.05, 3.63) is 51.1 Å². The van der Waals surface area contributed by atoms with Crippen molar-refractivity contribution >= 4 is 11.6 Å². The van der Waals surface area contributed by atoms with Crippen LogP contribution in [0.4, 0.5) is 0 Å². The van der Waals surface area contributed by atoms with Crippen molar-refractivity contribution in [2.75, 3.05) is 6.54 Å². The van der Waals surface area contributed by atoms with E-state index in [1.807, 2.05) is 26.8 Å². The maximum atomic E-state index is 10.7. The minimum absolute atomic E-state index is 0.131. The summed E-state index contributed by atoms with van der Waals surface area (Å²) in [4.78, 5) is 14.3. The first-order valence-electron chi connectivity index (χ1n) is 6.10. The molecule has 0 saturated heterocycles. The van der Waals surface area contributed by atoms with E-state index in [9.17, 15) is 10.1 Å². The van der Waals surface area contributed by atoms with Crippen LogP contribution in [0.25, 0.3) is 0 Å². The third kappa shape index (κ3) is 5.26. The number of hydrogen-bond acceptors (Lipinski definition) is 4. The van der Waals surface area contributed by atoms with Crippen molar-refractivity contribution in [1.82, 2.24) is 10.3 Å². The summed E-state index contributed by atoms with van der Waals surface area (Å²) in [5.74, 6) is 0.277. The van der Waals surface area contributed by atoms with E-state index in [4.69, 9.17) is 11.6 Å². The Morgan fingerprint density at radius 2 is 2.21 bits per heavy atom. The summed E-state index contributed by atoms with van der Waals surface area (Å²) in [6, 6.07) is 3.50. The maximum absolute atomic E-state index is 10.7. The van der Waals surface area contributed by atoms with Gasteiger partial charge in [-0.15, -0.1) is 0 Å². The van der Waals surface area contributed by atoms with Gasteiger partial charge in [-0.1, -0.05) is 38.4 Å². The molecule has 1 rings (SSSR count). The Balaban J connectivity index is 2.90. The highest BCUT2D eigenvalue weighted by atomic mass is 35.5. The lowest BCUT2D eigenvalue weighted by molar-refractivity contribution is -0.404. The number of nitrogens with zero attached hydrogens (tertiary/aromatic N) is 2. The van der Waals surface area contributed by atoms with Crippen LogP contribution in [0.15, 0.2) is 30.2 Å². The van der Waals surface area contributed by atoms with Crippen molar-refractivity contribution in [3.63, 3.8) is 0 Å². The van der Waals surface area contributed by atoms with Crippen molar-refractivity contribution in [2.45, 2.75) is 26.7 Å². The third-order valence-corrected chi connectivity index (χ3v) is 2.90. The van der Waals surface area contributed by atoms with Crippen molar-refractivity contribution in [3.8, 4) is 0 Å². The molecule has 1 N–H and O–H groups in total. The molecule has 0 fully saturated rings. The molecule has 0 aliphatic rings. The fraction of sp³-hybridized carbons (Fsp3) is 0.462. The molecule has 6 heteroatoms. The van der Waals surface area contributed by atoms with E-state index in [1.54, 1.807) is 12.3 Å². The van der Waals surface area contributed by atoms with Gasteiger partial charge in [0, 0.05) is 18.7 Å². The van der Waals surface area contributed by atoms with Crippen molar-refractivity contribution < 1.29 is 4.92 Å². The lowest BCUT2D eigenvalue weighted by atomic mass is 9.99. The van der Waals surface area contributed by atoms with Crippen LogP contribution in [0.3, 0.4) is 0 Å². The first-order valence-corrected chi connectivity index (χ1v) is 6.48. The molecule has 1 atom stereocenters. The van der Waals surface area contributed by atoms with Gasteiger partial charge in [-0.05, 0) is 17.5 Å². The predicted octanol–water partition coefficient (Wildman–Crippen LogP) is 3.20. The molecule has 1 heterocycles. The number of pyridine rings is 1. The standard InChI is InChI=1S/C13H18ClN3O2/c1-9(2)6-15-12(8-17(18)19)10(3)11-4-5-13(14)16-7-11/h4-5,7-10,15H,6H2,1-3H3/b12-8+. The zero-order valence-corrected chi connectivity index (χ0v) is 12.0. The molecule has 0 saturated carbocycles. The van der Waals surface area contributed by atoms with Crippen LogP contribution in [0.2, 0.25) is 5.15 Å². The molecule has 0 spiro atoms. The molecule has 0 radical (unpaired) electrons. The average molecular weight is 284 g/mol. The first-order chi connectivity index (χ1) is 8.90. The summed E-state index contributed by atoms with van der Waals surface area (Å²) in [6.07, 6.45) is 2.65. The Morgan fingerprint density at radius 1 is 1.53 bits per heavy atom. The molecule has 0 aliphatic heterocycles. The summed E-state index contributed by atoms with van der Waals surface area (Å²) in [7, 11) is 0. The molecule has 0 aromatic carbocycles. The second kappa shape index (κ2) is 7.09. The summed E-state index contributed by atoms with van der Waals surface area (Å²) >= 11 is 5.73. The van der Waals surface area contributed by atoms with E-state index >= 15 is 0 Å². The van der Waals surface area contributed by atoms with Crippen LogP contribution in [0.5, 0.6) is 0 Å². The Hall–Kier alpha value is -1.62. The largest absolute Gasteiger partial charge is 0.383 e. The summed E-state index contributed by atoms with van der Waals surface area (Å²) in [5.41, 5.74) is 1.46. The monoisotopic (exact) mass is 283 g/mol. The Bertz CT molecular complexity index is 457. The average Bonchev–Trinajstić information content (AvgIpc) is 2.34. The maximum Gasteiger partial charge on any atom is 0.253 e. The molecule has 19 heavy (non-hydrogen) atoms. The molecule has 1 unspecified atom stereocenters. The highest BCUT2D eigenvalue weighted by Gasteiger charge is 2.15. The Kier molecular flexibility index (Phi) is 5.76. The molecular weight excluding hydrogens is 266 g/mol. The number of aromatic nitrogens is 1. The Labute approximate surface area is 117 Å². The topological polar surface area (TPSA) is 68.1 Å². The van der Waals surface area contributed by atoms with Gasteiger partial charge in [-0.2, -0.15) is 0 Å².